The maximum absolute atomic E-state index is 14.2. The number of rotatable bonds is 2. The lowest BCUT2D eigenvalue weighted by Gasteiger charge is -2.49. The van der Waals surface area contributed by atoms with Gasteiger partial charge in [-0.3, -0.25) is 9.69 Å². The summed E-state index contributed by atoms with van der Waals surface area (Å²) in [5, 5.41) is 11.2. The van der Waals surface area contributed by atoms with Gasteiger partial charge in [-0.05, 0) is 60.4 Å². The van der Waals surface area contributed by atoms with E-state index in [1.54, 1.807) is 18.5 Å². The number of halogens is 1. The number of carbonyl (C=O) groups excluding carboxylic acids is 1. The summed E-state index contributed by atoms with van der Waals surface area (Å²) in [4.78, 5) is 29.1. The molecule has 1 amide bonds. The van der Waals surface area contributed by atoms with Crippen LogP contribution in [0.25, 0.3) is 0 Å². The minimum Gasteiger partial charge on any atom is -0.393 e. The first-order valence-electron chi connectivity index (χ1n) is 10.7. The number of aliphatic hydroxyl groups is 1. The smallest absolute Gasteiger partial charge is 0.262 e. The molecule has 0 bridgehead atoms. The van der Waals surface area contributed by atoms with Crippen molar-refractivity contribution < 1.29 is 9.90 Å². The monoisotopic (exact) mass is 439 g/mol. The third-order valence-electron chi connectivity index (χ3n) is 7.38. The first kappa shape index (κ1) is 20.4. The summed E-state index contributed by atoms with van der Waals surface area (Å²) in [7, 11) is 0. The Bertz CT molecular complexity index is 1060. The normalized spacial score (nSPS) is 34.5. The van der Waals surface area contributed by atoms with Crippen LogP contribution in [0.15, 0.2) is 41.7 Å². The molecule has 1 fully saturated rings. The van der Waals surface area contributed by atoms with Gasteiger partial charge < -0.3 is 10.8 Å². The maximum Gasteiger partial charge on any atom is 0.262 e. The second-order valence-electron chi connectivity index (χ2n) is 9.35. The zero-order valence-corrected chi connectivity index (χ0v) is 18.4. The molecule has 2 unspecified atom stereocenters. The Hall–Kier alpha value is -2.51. The van der Waals surface area contributed by atoms with Gasteiger partial charge >= 0.3 is 0 Å². The van der Waals surface area contributed by atoms with Crippen molar-refractivity contribution in [1.82, 2.24) is 14.9 Å². The summed E-state index contributed by atoms with van der Waals surface area (Å²) in [5.74, 6) is 0.609. The first-order valence-corrected chi connectivity index (χ1v) is 11.1. The number of amides is 1. The van der Waals surface area contributed by atoms with Crippen molar-refractivity contribution in [3.05, 3.63) is 58.6 Å². The zero-order chi connectivity index (χ0) is 22.0. The molecule has 162 valence electrons. The van der Waals surface area contributed by atoms with Crippen LogP contribution in [-0.4, -0.2) is 37.9 Å². The predicted octanol–water partition coefficient (Wildman–Crippen LogP) is 2.65. The van der Waals surface area contributed by atoms with E-state index in [0.29, 0.717) is 30.1 Å². The number of guanidine groups is 1. The molecule has 5 atom stereocenters. The molecule has 2 aliphatic carbocycles. The van der Waals surface area contributed by atoms with Crippen LogP contribution in [0.2, 0.25) is 5.02 Å². The molecular formula is C23H26ClN5O2. The van der Waals surface area contributed by atoms with E-state index in [9.17, 15) is 9.90 Å². The third kappa shape index (κ3) is 2.83. The fourth-order valence-electron chi connectivity index (χ4n) is 6.18. The predicted molar refractivity (Wildman–Crippen MR) is 117 cm³/mol. The van der Waals surface area contributed by atoms with Crippen LogP contribution in [0.3, 0.4) is 0 Å². The molecule has 0 radical (unpaired) electrons. The van der Waals surface area contributed by atoms with Crippen molar-refractivity contribution in [3.63, 3.8) is 0 Å². The van der Waals surface area contributed by atoms with Gasteiger partial charge in [0.1, 0.15) is 5.82 Å². The molecule has 5 rings (SSSR count). The number of hydrogen-bond acceptors (Lipinski definition) is 6. The number of aliphatic hydroxyl groups excluding tert-OH is 1. The van der Waals surface area contributed by atoms with Gasteiger partial charge in [0, 0.05) is 22.8 Å². The quantitative estimate of drug-likeness (QED) is 0.748. The molecule has 0 saturated heterocycles. The van der Waals surface area contributed by atoms with Gasteiger partial charge in [0.05, 0.1) is 12.6 Å². The largest absolute Gasteiger partial charge is 0.393 e. The summed E-state index contributed by atoms with van der Waals surface area (Å²) < 4.78 is 0. The summed E-state index contributed by atoms with van der Waals surface area (Å²) in [6, 6.07) is 7.45. The van der Waals surface area contributed by atoms with Gasteiger partial charge in [0.15, 0.2) is 11.5 Å². The van der Waals surface area contributed by atoms with Gasteiger partial charge in [0.25, 0.3) is 5.91 Å². The van der Waals surface area contributed by atoms with Crippen molar-refractivity contribution in [2.24, 2.45) is 28.0 Å². The van der Waals surface area contributed by atoms with Gasteiger partial charge in [-0.15, -0.1) is 0 Å². The molecule has 3 aliphatic rings. The van der Waals surface area contributed by atoms with Crippen molar-refractivity contribution in [2.75, 3.05) is 0 Å². The molecule has 2 heterocycles. The standard InChI is InChI=1S/C23H26ClN5O2/c1-13-9-22(10-14(2)19(13)30)11-15-4-5-16(24)8-17(15)23(22)20(31)29(21(25)28-23)12-18-26-6-3-7-27-18/h3-8,13-14,19,30H,9-12H2,1-2H3,(H2,25,28)/t13-,14+,19?,22?,23-/m1/s1. The minimum atomic E-state index is -1.14. The first-order chi connectivity index (χ1) is 14.8. The van der Waals surface area contributed by atoms with E-state index < -0.39 is 17.1 Å². The molecule has 1 aliphatic heterocycles. The Morgan fingerprint density at radius 3 is 2.58 bits per heavy atom. The van der Waals surface area contributed by atoms with Crippen LogP contribution < -0.4 is 5.73 Å². The summed E-state index contributed by atoms with van der Waals surface area (Å²) in [5.41, 5.74) is 6.67. The molecule has 1 aromatic carbocycles. The highest BCUT2D eigenvalue weighted by atomic mass is 35.5. The molecule has 7 nitrogen and oxygen atoms in total. The SMILES string of the molecule is C[C@@H]1CC2(Cc3ccc(Cl)cc3[C@]23N=C(N)N(Cc2ncccn2)C3=O)C[C@H](C)C1O. The summed E-state index contributed by atoms with van der Waals surface area (Å²) >= 11 is 6.38. The van der Waals surface area contributed by atoms with E-state index in [1.165, 1.54) is 4.90 Å². The fourth-order valence-corrected chi connectivity index (χ4v) is 6.35. The van der Waals surface area contributed by atoms with Crippen LogP contribution >= 0.6 is 11.6 Å². The minimum absolute atomic E-state index is 0.0427. The second kappa shape index (κ2) is 7.00. The Morgan fingerprint density at radius 1 is 1.23 bits per heavy atom. The average Bonchev–Trinajstić information content (AvgIpc) is 3.14. The molecular weight excluding hydrogens is 414 g/mol. The van der Waals surface area contributed by atoms with Gasteiger partial charge in [-0.1, -0.05) is 31.5 Å². The molecule has 1 saturated carbocycles. The topological polar surface area (TPSA) is 105 Å². The van der Waals surface area contributed by atoms with E-state index in [2.05, 4.69) is 9.97 Å². The number of carbonyl (C=O) groups is 1. The van der Waals surface area contributed by atoms with E-state index in [1.807, 2.05) is 32.0 Å². The van der Waals surface area contributed by atoms with E-state index in [4.69, 9.17) is 22.3 Å². The van der Waals surface area contributed by atoms with E-state index in [0.717, 1.165) is 11.1 Å². The Morgan fingerprint density at radius 2 is 1.90 bits per heavy atom. The van der Waals surface area contributed by atoms with Gasteiger partial charge in [0.2, 0.25) is 0 Å². The molecule has 3 N–H and O–H groups in total. The lowest BCUT2D eigenvalue weighted by Crippen LogP contribution is -2.55. The van der Waals surface area contributed by atoms with Crippen LogP contribution in [0.1, 0.15) is 43.6 Å². The summed E-state index contributed by atoms with van der Waals surface area (Å²) in [6.45, 7) is 4.26. The third-order valence-corrected chi connectivity index (χ3v) is 7.62. The number of hydrogen-bond donors (Lipinski definition) is 2. The highest BCUT2D eigenvalue weighted by Crippen LogP contribution is 2.63. The van der Waals surface area contributed by atoms with Crippen molar-refractivity contribution in [3.8, 4) is 0 Å². The molecule has 31 heavy (non-hydrogen) atoms. The molecule has 2 aromatic rings. The Kier molecular flexibility index (Phi) is 4.61. The average molecular weight is 440 g/mol. The Balaban J connectivity index is 1.65. The highest BCUT2D eigenvalue weighted by Gasteiger charge is 2.68. The van der Waals surface area contributed by atoms with E-state index >= 15 is 0 Å². The second-order valence-corrected chi connectivity index (χ2v) is 9.79. The number of benzene rings is 1. The van der Waals surface area contributed by atoms with Crippen LogP contribution in [-0.2, 0) is 23.3 Å². The zero-order valence-electron chi connectivity index (χ0n) is 17.6. The Labute approximate surface area is 186 Å². The van der Waals surface area contributed by atoms with Crippen molar-refractivity contribution in [1.29, 1.82) is 0 Å². The van der Waals surface area contributed by atoms with Gasteiger partial charge in [-0.2, -0.15) is 0 Å². The highest BCUT2D eigenvalue weighted by molar-refractivity contribution is 6.30. The van der Waals surface area contributed by atoms with E-state index in [-0.39, 0.29) is 30.2 Å². The summed E-state index contributed by atoms with van der Waals surface area (Å²) in [6.07, 6.45) is 4.96. The fraction of sp³-hybridized carbons (Fsp3) is 0.478. The van der Waals surface area contributed by atoms with Gasteiger partial charge in [-0.25, -0.2) is 15.0 Å². The lowest BCUT2D eigenvalue weighted by atomic mass is 9.56. The molecule has 2 spiro atoms. The number of aliphatic imine (C=N–C) groups is 1. The number of aromatic nitrogens is 2. The molecule has 1 aromatic heterocycles. The molecule has 8 heteroatoms. The van der Waals surface area contributed by atoms with Crippen molar-refractivity contribution in [2.45, 2.75) is 51.3 Å². The number of nitrogens with two attached hydrogens (primary N) is 1. The van der Waals surface area contributed by atoms with Crippen molar-refractivity contribution >= 4 is 23.5 Å². The number of nitrogens with zero attached hydrogens (tertiary/aromatic N) is 4. The maximum atomic E-state index is 14.2. The van der Waals surface area contributed by atoms with Crippen LogP contribution in [0.4, 0.5) is 0 Å². The lowest BCUT2D eigenvalue weighted by molar-refractivity contribution is -0.141. The van der Waals surface area contributed by atoms with Crippen LogP contribution in [0, 0.1) is 17.3 Å². The number of fused-ring (bicyclic) bond motifs is 3. The van der Waals surface area contributed by atoms with Crippen LogP contribution in [0.5, 0.6) is 0 Å².